The second-order valence-electron chi connectivity index (χ2n) is 4.51. The van der Waals surface area contributed by atoms with Crippen LogP contribution >= 0.6 is 0 Å². The lowest BCUT2D eigenvalue weighted by atomic mass is 10.1. The Morgan fingerprint density at radius 1 is 1.53 bits per heavy atom. The van der Waals surface area contributed by atoms with Gasteiger partial charge in [0.15, 0.2) is 15.7 Å². The van der Waals surface area contributed by atoms with Crippen LogP contribution in [0.1, 0.15) is 36.8 Å². The molecule has 1 fully saturated rings. The van der Waals surface area contributed by atoms with Crippen molar-refractivity contribution in [3.05, 3.63) is 17.8 Å². The maximum Gasteiger partial charge on any atom is 0.198 e. The molecule has 1 aliphatic rings. The van der Waals surface area contributed by atoms with Crippen molar-refractivity contribution in [3.63, 3.8) is 0 Å². The van der Waals surface area contributed by atoms with Gasteiger partial charge in [0, 0.05) is 12.3 Å². The fourth-order valence-corrected chi connectivity index (χ4v) is 3.82. The molecule has 1 aromatic heterocycles. The zero-order valence-electron chi connectivity index (χ0n) is 9.76. The molecular weight excluding hydrogens is 240 g/mol. The number of oxazole rings is 1. The van der Waals surface area contributed by atoms with Crippen LogP contribution in [0.4, 0.5) is 0 Å². The van der Waals surface area contributed by atoms with Crippen molar-refractivity contribution in [2.75, 3.05) is 18.1 Å². The molecule has 0 aromatic carbocycles. The summed E-state index contributed by atoms with van der Waals surface area (Å²) in [5, 5.41) is 0. The van der Waals surface area contributed by atoms with Gasteiger partial charge in [-0.15, -0.1) is 0 Å². The summed E-state index contributed by atoms with van der Waals surface area (Å²) in [7, 11) is -2.91. The van der Waals surface area contributed by atoms with Crippen molar-refractivity contribution < 1.29 is 12.8 Å². The first-order chi connectivity index (χ1) is 8.11. The molecule has 1 unspecified atom stereocenters. The standard InChI is InChI=1S/C11H18N2O3S/c12-5-1-4-10-7-13-11(16-10)9-3-2-6-17(14,15)8-9/h7,9H,1-6,8,12H2. The SMILES string of the molecule is NCCCc1cnc(C2CCCS(=O)(=O)C2)o1. The Hall–Kier alpha value is -0.880. The highest BCUT2D eigenvalue weighted by Gasteiger charge is 2.29. The summed E-state index contributed by atoms with van der Waals surface area (Å²) in [5.74, 6) is 1.77. The summed E-state index contributed by atoms with van der Waals surface area (Å²) >= 11 is 0. The molecule has 96 valence electrons. The zero-order chi connectivity index (χ0) is 12.3. The summed E-state index contributed by atoms with van der Waals surface area (Å²) in [6.07, 6.45) is 4.86. The van der Waals surface area contributed by atoms with Gasteiger partial charge in [-0.2, -0.15) is 0 Å². The van der Waals surface area contributed by atoms with Gasteiger partial charge in [0.05, 0.1) is 17.7 Å². The average Bonchev–Trinajstić information content (AvgIpc) is 2.73. The van der Waals surface area contributed by atoms with Crippen molar-refractivity contribution >= 4 is 9.84 Å². The fourth-order valence-electron chi connectivity index (χ4n) is 2.12. The molecule has 0 aliphatic carbocycles. The van der Waals surface area contributed by atoms with Crippen LogP contribution < -0.4 is 5.73 Å². The number of nitrogens with two attached hydrogens (primary N) is 1. The highest BCUT2D eigenvalue weighted by atomic mass is 32.2. The van der Waals surface area contributed by atoms with Crippen molar-refractivity contribution in [2.45, 2.75) is 31.6 Å². The first-order valence-corrected chi connectivity index (χ1v) is 7.78. The molecule has 1 aliphatic heterocycles. The van der Waals surface area contributed by atoms with Crippen LogP contribution in [0.25, 0.3) is 0 Å². The predicted molar refractivity (Wildman–Crippen MR) is 64.5 cm³/mol. The van der Waals surface area contributed by atoms with Gasteiger partial charge in [0.2, 0.25) is 0 Å². The molecule has 17 heavy (non-hydrogen) atoms. The minimum Gasteiger partial charge on any atom is -0.445 e. The quantitative estimate of drug-likeness (QED) is 0.865. The van der Waals surface area contributed by atoms with E-state index in [0.717, 1.165) is 25.0 Å². The fraction of sp³-hybridized carbons (Fsp3) is 0.727. The van der Waals surface area contributed by atoms with E-state index in [4.69, 9.17) is 10.2 Å². The second-order valence-corrected chi connectivity index (χ2v) is 6.74. The van der Waals surface area contributed by atoms with E-state index in [2.05, 4.69) is 4.98 Å². The Labute approximate surface area is 101 Å². The lowest BCUT2D eigenvalue weighted by molar-refractivity contribution is 0.407. The average molecular weight is 258 g/mol. The molecule has 0 bridgehead atoms. The van der Waals surface area contributed by atoms with Crippen molar-refractivity contribution in [2.24, 2.45) is 5.73 Å². The molecule has 2 rings (SSSR count). The molecule has 6 heteroatoms. The molecule has 0 radical (unpaired) electrons. The lowest BCUT2D eigenvalue weighted by Crippen LogP contribution is -2.23. The van der Waals surface area contributed by atoms with Gasteiger partial charge in [-0.05, 0) is 25.8 Å². The van der Waals surface area contributed by atoms with E-state index < -0.39 is 9.84 Å². The number of aryl methyl sites for hydroxylation is 1. The predicted octanol–water partition coefficient (Wildman–Crippen LogP) is 0.858. The first kappa shape index (κ1) is 12.6. The highest BCUT2D eigenvalue weighted by Crippen LogP contribution is 2.28. The molecule has 0 saturated carbocycles. The van der Waals surface area contributed by atoms with E-state index >= 15 is 0 Å². The van der Waals surface area contributed by atoms with Gasteiger partial charge in [0.1, 0.15) is 5.76 Å². The van der Waals surface area contributed by atoms with E-state index in [-0.39, 0.29) is 11.7 Å². The summed E-state index contributed by atoms with van der Waals surface area (Å²) in [6.45, 7) is 0.619. The van der Waals surface area contributed by atoms with E-state index in [9.17, 15) is 8.42 Å². The third-order valence-corrected chi connectivity index (χ3v) is 4.83. The van der Waals surface area contributed by atoms with Gasteiger partial charge in [-0.3, -0.25) is 0 Å². The third-order valence-electron chi connectivity index (χ3n) is 3.01. The Morgan fingerprint density at radius 3 is 3.06 bits per heavy atom. The minimum absolute atomic E-state index is 0.0691. The first-order valence-electron chi connectivity index (χ1n) is 5.96. The maximum absolute atomic E-state index is 11.5. The summed E-state index contributed by atoms with van der Waals surface area (Å²) in [4.78, 5) is 4.19. The van der Waals surface area contributed by atoms with Gasteiger partial charge in [-0.1, -0.05) is 0 Å². The van der Waals surface area contributed by atoms with Crippen molar-refractivity contribution in [1.82, 2.24) is 4.98 Å². The van der Waals surface area contributed by atoms with E-state index in [0.29, 0.717) is 24.6 Å². The molecule has 5 nitrogen and oxygen atoms in total. The Balaban J connectivity index is 2.04. The van der Waals surface area contributed by atoms with Gasteiger partial charge in [0.25, 0.3) is 0 Å². The monoisotopic (exact) mass is 258 g/mol. The maximum atomic E-state index is 11.5. The molecule has 1 atom stereocenters. The Bertz CT molecular complexity index is 467. The summed E-state index contributed by atoms with van der Waals surface area (Å²) in [6, 6.07) is 0. The molecular formula is C11H18N2O3S. The van der Waals surface area contributed by atoms with Gasteiger partial charge in [-0.25, -0.2) is 13.4 Å². The van der Waals surface area contributed by atoms with Crippen molar-refractivity contribution in [3.8, 4) is 0 Å². The van der Waals surface area contributed by atoms with Crippen LogP contribution in [0, 0.1) is 0 Å². The highest BCUT2D eigenvalue weighted by molar-refractivity contribution is 7.91. The van der Waals surface area contributed by atoms with Crippen LogP contribution in [0.15, 0.2) is 10.6 Å². The molecule has 1 saturated heterocycles. The number of rotatable bonds is 4. The minimum atomic E-state index is -2.91. The normalized spacial score (nSPS) is 23.7. The zero-order valence-corrected chi connectivity index (χ0v) is 10.6. The van der Waals surface area contributed by atoms with Gasteiger partial charge < -0.3 is 10.2 Å². The van der Waals surface area contributed by atoms with E-state index in [1.165, 1.54) is 0 Å². The number of hydrogen-bond donors (Lipinski definition) is 1. The number of nitrogens with zero attached hydrogens (tertiary/aromatic N) is 1. The molecule has 2 N–H and O–H groups in total. The van der Waals surface area contributed by atoms with E-state index in [1.54, 1.807) is 6.20 Å². The van der Waals surface area contributed by atoms with Crippen LogP contribution in [0.5, 0.6) is 0 Å². The van der Waals surface area contributed by atoms with E-state index in [1.807, 2.05) is 0 Å². The number of aromatic nitrogens is 1. The largest absolute Gasteiger partial charge is 0.445 e. The third kappa shape index (κ3) is 3.29. The molecule has 0 spiro atoms. The molecule has 0 amide bonds. The number of hydrogen-bond acceptors (Lipinski definition) is 5. The topological polar surface area (TPSA) is 86.2 Å². The van der Waals surface area contributed by atoms with Crippen molar-refractivity contribution in [1.29, 1.82) is 0 Å². The van der Waals surface area contributed by atoms with Crippen LogP contribution in [-0.2, 0) is 16.3 Å². The summed E-state index contributed by atoms with van der Waals surface area (Å²) in [5.41, 5.74) is 5.42. The van der Waals surface area contributed by atoms with Crippen LogP contribution in [0.2, 0.25) is 0 Å². The lowest BCUT2D eigenvalue weighted by Gasteiger charge is -2.18. The van der Waals surface area contributed by atoms with Crippen LogP contribution in [0.3, 0.4) is 0 Å². The molecule has 2 heterocycles. The summed E-state index contributed by atoms with van der Waals surface area (Å²) < 4.78 is 28.6. The second kappa shape index (κ2) is 5.18. The Kier molecular flexibility index (Phi) is 3.83. The van der Waals surface area contributed by atoms with Crippen LogP contribution in [-0.4, -0.2) is 31.5 Å². The molecule has 1 aromatic rings. The number of sulfone groups is 1. The van der Waals surface area contributed by atoms with Gasteiger partial charge >= 0.3 is 0 Å². The smallest absolute Gasteiger partial charge is 0.198 e. The Morgan fingerprint density at radius 2 is 2.35 bits per heavy atom.